The lowest BCUT2D eigenvalue weighted by atomic mass is 9.58. The topological polar surface area (TPSA) is 0 Å². The molecule has 23 aliphatic rings. The van der Waals surface area contributed by atoms with E-state index < -0.39 is 0 Å². The monoisotopic (exact) mass is 1510 g/mol. The van der Waals surface area contributed by atoms with E-state index >= 15 is 0 Å². The van der Waals surface area contributed by atoms with Crippen LogP contribution in [-0.4, -0.2) is 0 Å². The van der Waals surface area contributed by atoms with Gasteiger partial charge >= 0.3 is 0 Å². The molecule has 0 aromatic carbocycles. The summed E-state index contributed by atoms with van der Waals surface area (Å²) in [7, 11) is 0. The molecule has 632 valence electrons. The highest BCUT2D eigenvalue weighted by Crippen LogP contribution is 2.76. The fourth-order valence-electron chi connectivity index (χ4n) is 37.4. The second kappa shape index (κ2) is 33.4. The van der Waals surface area contributed by atoms with E-state index in [0.717, 1.165) is 112 Å². The lowest BCUT2D eigenvalue weighted by Crippen LogP contribution is -2.41. The Kier molecular flexibility index (Phi) is 25.8. The van der Waals surface area contributed by atoms with Crippen LogP contribution in [0.5, 0.6) is 0 Å². The molecule has 0 aliphatic heterocycles. The molecule has 23 rings (SSSR count). The molecule has 31 atom stereocenters. The second-order valence-electron chi connectivity index (χ2n) is 53.3. The quantitative estimate of drug-likeness (QED) is 0.247. The van der Waals surface area contributed by atoms with Crippen molar-refractivity contribution in [3.63, 3.8) is 0 Å². The SMILES string of the molecule is CC(C)C1(C)CC2CC1C1C3CCC(C3)C21.CC(C)C1(C)CCC2CCCCC2C1.CC1(C)CC2CC1C1C3CCC(C3)C21.CC1(C)CC2CC1C1CCCC21.CC1(C)CCC2CCCCC2C1.CC1(C)CCCC1.CC1(C)CCCC2CCCCC21.CC1(C)CCCCC1.CCC1(C)CC2CC1C1C3CCC(C3)C21. The number of hydrogen-bond acceptors (Lipinski definition) is 0. The van der Waals surface area contributed by atoms with Crippen LogP contribution < -0.4 is 0 Å². The minimum absolute atomic E-state index is 0.665. The zero-order valence-corrected chi connectivity index (χ0v) is 77.9. The van der Waals surface area contributed by atoms with Gasteiger partial charge in [-0.3, -0.25) is 0 Å². The number of rotatable bonds is 3. The highest BCUT2D eigenvalue weighted by molar-refractivity contribution is 5.17. The van der Waals surface area contributed by atoms with Gasteiger partial charge in [0.1, 0.15) is 0 Å². The van der Waals surface area contributed by atoms with E-state index in [0.29, 0.717) is 43.3 Å². The molecule has 23 fully saturated rings. The molecule has 23 saturated carbocycles. The molecule has 0 spiro atoms. The molecule has 0 N–H and O–H groups in total. The first-order valence-electron chi connectivity index (χ1n) is 52.1. The molecule has 0 radical (unpaired) electrons. The summed E-state index contributed by atoms with van der Waals surface area (Å²) in [5.74, 6) is 33.9. The van der Waals surface area contributed by atoms with E-state index in [2.05, 4.69) is 138 Å². The molecule has 110 heavy (non-hydrogen) atoms. The van der Waals surface area contributed by atoms with E-state index in [-0.39, 0.29) is 0 Å². The van der Waals surface area contributed by atoms with E-state index in [1.807, 2.05) is 0 Å². The van der Waals surface area contributed by atoms with E-state index in [4.69, 9.17) is 0 Å². The molecule has 0 amide bonds. The van der Waals surface area contributed by atoms with Crippen molar-refractivity contribution < 1.29 is 0 Å². The Labute approximate surface area is 687 Å². The van der Waals surface area contributed by atoms with Gasteiger partial charge < -0.3 is 0 Å². The molecule has 23 aliphatic carbocycles. The molecule has 0 nitrogen and oxygen atoms in total. The third-order valence-corrected chi connectivity index (χ3v) is 43.8. The third kappa shape index (κ3) is 17.3. The van der Waals surface area contributed by atoms with Crippen molar-refractivity contribution in [1.82, 2.24) is 0 Å². The Balaban J connectivity index is 0.0000000992. The largest absolute Gasteiger partial charge is 0.0649 e. The fraction of sp³-hybridized carbons (Fsp3) is 1.00. The Morgan fingerprint density at radius 3 is 1.16 bits per heavy atom. The predicted molar refractivity (Wildman–Crippen MR) is 476 cm³/mol. The van der Waals surface area contributed by atoms with Gasteiger partial charge in [-0.15, -0.1) is 0 Å². The minimum Gasteiger partial charge on any atom is -0.0649 e. The number of fused-ring (bicyclic) bond motifs is 35. The summed E-state index contributed by atoms with van der Waals surface area (Å²) in [6.07, 6.45) is 78.2. The standard InChI is InChI=1S/C16H26.C15H24.C14H22.C14H26.C12H20.2C12H22.C8H16.C7H14/c1-9(2)16(3)8-12-7-13(16)15-11-5-4-10(6-11)14(12)15;1-3-15(2)8-11-7-12(15)14-10-5-4-9(6-10)13(11)14;1-14(2)7-10-6-11(14)13-9-4-3-8(5-9)12(10)13;1-11(2)14(3)9-8-12-6-4-5-7-13(12)10-14;1-12(2)7-8-6-11(12)10-5-3-4-9(8)10;1-12(2)9-5-7-10-6-3-4-8-11(10)12;1-12(2)8-7-10-5-3-4-6-11(10)9-12;1-8(2)6-4-3-5-7-8;1-7(2)5-3-4-6-7/h9-15H,4-8H2,1-3H3;9-14H,3-8H2,1-2H3;8-13H,3-7H2,1-2H3;11-13H,4-10H2,1-3H3;8-11H,3-7H2,1-2H3;2*10-11H,3-9H2,1-2H3;3-7H2,1-2H3;3-6H2,1-2H3. The van der Waals surface area contributed by atoms with Crippen molar-refractivity contribution in [2.45, 2.75) is 466 Å². The second-order valence-corrected chi connectivity index (χ2v) is 53.3. The zero-order valence-electron chi connectivity index (χ0n) is 77.9. The predicted octanol–water partition coefficient (Wildman–Crippen LogP) is 33.8. The molecular weight excluding hydrogens is 1320 g/mol. The average molecular weight is 1510 g/mol. The molecule has 31 unspecified atom stereocenters. The van der Waals surface area contributed by atoms with Gasteiger partial charge in [0.25, 0.3) is 0 Å². The minimum atomic E-state index is 0.665. The van der Waals surface area contributed by atoms with E-state index in [1.54, 1.807) is 141 Å². The van der Waals surface area contributed by atoms with Crippen molar-refractivity contribution in [1.29, 1.82) is 0 Å². The normalized spacial score (nSPS) is 50.0. The van der Waals surface area contributed by atoms with Gasteiger partial charge in [-0.05, 0) is 425 Å². The first-order chi connectivity index (χ1) is 52.1. The summed E-state index contributed by atoms with van der Waals surface area (Å²) >= 11 is 0. The maximum atomic E-state index is 2.62. The van der Waals surface area contributed by atoms with Gasteiger partial charge in [0.15, 0.2) is 0 Å². The summed E-state index contributed by atoms with van der Waals surface area (Å²) in [5, 5.41) is 0. The Morgan fingerprint density at radius 1 is 0.227 bits per heavy atom. The third-order valence-electron chi connectivity index (χ3n) is 43.8. The van der Waals surface area contributed by atoms with Crippen LogP contribution in [-0.2, 0) is 0 Å². The van der Waals surface area contributed by atoms with E-state index in [9.17, 15) is 0 Å². The lowest BCUT2D eigenvalue weighted by Gasteiger charge is -2.47. The summed E-state index contributed by atoms with van der Waals surface area (Å²) in [6, 6.07) is 0. The van der Waals surface area contributed by atoms with Gasteiger partial charge in [0.2, 0.25) is 0 Å². The van der Waals surface area contributed by atoms with Gasteiger partial charge in [-0.1, -0.05) is 267 Å². The summed E-state index contributed by atoms with van der Waals surface area (Å²) in [6.45, 7) is 49.4. The van der Waals surface area contributed by atoms with Gasteiger partial charge in [-0.25, -0.2) is 0 Å². The maximum Gasteiger partial charge on any atom is -0.0269 e. The van der Waals surface area contributed by atoms with Crippen molar-refractivity contribution in [3.05, 3.63) is 0 Å². The van der Waals surface area contributed by atoms with Crippen LogP contribution in [0.1, 0.15) is 466 Å². The Hall–Kier alpha value is 0. The van der Waals surface area contributed by atoms with Gasteiger partial charge in [0, 0.05) is 0 Å². The van der Waals surface area contributed by atoms with Gasteiger partial charge in [0.05, 0.1) is 0 Å². The van der Waals surface area contributed by atoms with Crippen LogP contribution in [0.15, 0.2) is 0 Å². The average Bonchev–Trinajstić information content (AvgIpc) is 1.54. The molecule has 0 heterocycles. The zero-order chi connectivity index (χ0) is 77.9. The molecular formula is C110H192. The van der Waals surface area contributed by atoms with Crippen LogP contribution in [0.25, 0.3) is 0 Å². The first kappa shape index (κ1) is 85.0. The van der Waals surface area contributed by atoms with E-state index in [1.165, 1.54) is 257 Å². The Morgan fingerprint density at radius 2 is 0.645 bits per heavy atom. The smallest absolute Gasteiger partial charge is 0.0269 e. The molecule has 0 aromatic heterocycles. The van der Waals surface area contributed by atoms with Crippen LogP contribution in [0.2, 0.25) is 0 Å². The highest BCUT2D eigenvalue weighted by Gasteiger charge is 2.68. The van der Waals surface area contributed by atoms with Crippen LogP contribution in [0.3, 0.4) is 0 Å². The highest BCUT2D eigenvalue weighted by atomic mass is 14.7. The first-order valence-corrected chi connectivity index (χ1v) is 52.1. The lowest BCUT2D eigenvalue weighted by molar-refractivity contribution is 0.0145. The van der Waals surface area contributed by atoms with Crippen molar-refractivity contribution in [3.8, 4) is 0 Å². The summed E-state index contributed by atoms with van der Waals surface area (Å²) in [4.78, 5) is 0. The molecule has 0 saturated heterocycles. The van der Waals surface area contributed by atoms with Crippen molar-refractivity contribution >= 4 is 0 Å². The fourth-order valence-corrected chi connectivity index (χ4v) is 37.4. The summed E-state index contributed by atoms with van der Waals surface area (Å²) in [5.41, 5.74) is 6.23. The molecule has 14 bridgehead atoms. The van der Waals surface area contributed by atoms with Crippen molar-refractivity contribution in [2.75, 3.05) is 0 Å². The molecule has 0 heteroatoms. The summed E-state index contributed by atoms with van der Waals surface area (Å²) < 4.78 is 0. The van der Waals surface area contributed by atoms with Crippen molar-refractivity contribution in [2.24, 2.45) is 226 Å². The van der Waals surface area contributed by atoms with Crippen LogP contribution >= 0.6 is 0 Å². The molecule has 0 aromatic rings. The van der Waals surface area contributed by atoms with Crippen LogP contribution in [0.4, 0.5) is 0 Å². The Bertz CT molecular complexity index is 2920. The maximum absolute atomic E-state index is 2.62. The van der Waals surface area contributed by atoms with Gasteiger partial charge in [-0.2, -0.15) is 0 Å². The number of hydrogen-bond donors (Lipinski definition) is 0. The van der Waals surface area contributed by atoms with Crippen LogP contribution in [0, 0.1) is 226 Å².